The van der Waals surface area contributed by atoms with Gasteiger partial charge >= 0.3 is 0 Å². The molecule has 2 aromatic heterocycles. The van der Waals surface area contributed by atoms with Crippen molar-refractivity contribution in [2.45, 2.75) is 0 Å². The Hall–Kier alpha value is -3.13. The zero-order valence-electron chi connectivity index (χ0n) is 11.1. The molecule has 0 N–H and O–H groups in total. The lowest BCUT2D eigenvalue weighted by Crippen LogP contribution is -1.92. The molecule has 5 nitrogen and oxygen atoms in total. The van der Waals surface area contributed by atoms with Crippen molar-refractivity contribution in [1.29, 1.82) is 0 Å². The van der Waals surface area contributed by atoms with Crippen molar-refractivity contribution < 1.29 is 9.26 Å². The molecule has 0 saturated carbocycles. The fourth-order valence-corrected chi connectivity index (χ4v) is 1.77. The molecule has 0 aliphatic carbocycles. The Balaban J connectivity index is 1.82. The summed E-state index contributed by atoms with van der Waals surface area (Å²) in [5.41, 5.74) is 1.62. The Labute approximate surface area is 121 Å². The maximum Gasteiger partial charge on any atom is 0.258 e. The molecular weight excluding hydrogens is 266 g/mol. The van der Waals surface area contributed by atoms with E-state index in [2.05, 4.69) is 21.0 Å². The largest absolute Gasteiger partial charge is 0.481 e. The summed E-state index contributed by atoms with van der Waals surface area (Å²) in [4.78, 5) is 8.38. The number of ether oxygens (including phenoxy) is 1. The average molecular weight is 277 g/mol. The first-order valence-electron chi connectivity index (χ1n) is 6.27. The van der Waals surface area contributed by atoms with Crippen LogP contribution in [0.5, 0.6) is 5.75 Å². The van der Waals surface area contributed by atoms with Gasteiger partial charge in [0.25, 0.3) is 5.89 Å². The van der Waals surface area contributed by atoms with Crippen LogP contribution in [-0.2, 0) is 0 Å². The number of benzene rings is 1. The third-order valence-electron chi connectivity index (χ3n) is 2.77. The minimum absolute atomic E-state index is 0.241. The standard InChI is InChI=1S/C16H11N3O2/c1-2-10-20-14-7-5-12(6-8-14)16-18-15(19-21-16)13-4-3-9-17-11-13/h1,3-9,11H,10H2. The fraction of sp³-hybridized carbons (Fsp3) is 0.0625. The Bertz CT molecular complexity index is 758. The van der Waals surface area contributed by atoms with Gasteiger partial charge < -0.3 is 9.26 Å². The first-order valence-corrected chi connectivity index (χ1v) is 6.27. The van der Waals surface area contributed by atoms with Crippen LogP contribution >= 0.6 is 0 Å². The molecule has 0 aliphatic rings. The van der Waals surface area contributed by atoms with Crippen molar-refractivity contribution in [2.24, 2.45) is 0 Å². The van der Waals surface area contributed by atoms with E-state index < -0.39 is 0 Å². The van der Waals surface area contributed by atoms with Crippen LogP contribution in [0.25, 0.3) is 22.8 Å². The quantitative estimate of drug-likeness (QED) is 0.686. The highest BCUT2D eigenvalue weighted by atomic mass is 16.5. The van der Waals surface area contributed by atoms with Crippen molar-refractivity contribution in [2.75, 3.05) is 6.61 Å². The van der Waals surface area contributed by atoms with E-state index in [1.807, 2.05) is 24.3 Å². The Morgan fingerprint density at radius 2 is 2.00 bits per heavy atom. The van der Waals surface area contributed by atoms with Crippen LogP contribution in [0.3, 0.4) is 0 Å². The van der Waals surface area contributed by atoms with Crippen LogP contribution in [0.2, 0.25) is 0 Å². The van der Waals surface area contributed by atoms with E-state index in [1.165, 1.54) is 0 Å². The number of hydrogen-bond donors (Lipinski definition) is 0. The van der Waals surface area contributed by atoms with E-state index in [0.717, 1.165) is 11.1 Å². The average Bonchev–Trinajstić information content (AvgIpc) is 3.04. The van der Waals surface area contributed by atoms with Gasteiger partial charge in [0.1, 0.15) is 12.4 Å². The lowest BCUT2D eigenvalue weighted by molar-refractivity contribution is 0.370. The van der Waals surface area contributed by atoms with Gasteiger partial charge in [-0.1, -0.05) is 11.1 Å². The molecule has 21 heavy (non-hydrogen) atoms. The molecule has 0 saturated heterocycles. The minimum atomic E-state index is 0.241. The SMILES string of the molecule is C#CCOc1ccc(-c2nc(-c3cccnc3)no2)cc1. The summed E-state index contributed by atoms with van der Waals surface area (Å²) < 4.78 is 10.6. The Morgan fingerprint density at radius 1 is 1.14 bits per heavy atom. The van der Waals surface area contributed by atoms with Gasteiger partial charge in [-0.2, -0.15) is 4.98 Å². The van der Waals surface area contributed by atoms with Crippen LogP contribution in [0.4, 0.5) is 0 Å². The van der Waals surface area contributed by atoms with Gasteiger partial charge in [0.05, 0.1) is 0 Å². The van der Waals surface area contributed by atoms with Crippen molar-refractivity contribution in [3.63, 3.8) is 0 Å². The van der Waals surface area contributed by atoms with Crippen molar-refractivity contribution in [3.8, 4) is 40.9 Å². The summed E-state index contributed by atoms with van der Waals surface area (Å²) in [6, 6.07) is 11.0. The zero-order chi connectivity index (χ0) is 14.5. The second-order valence-corrected chi connectivity index (χ2v) is 4.18. The highest BCUT2D eigenvalue weighted by Crippen LogP contribution is 2.23. The molecule has 0 spiro atoms. The van der Waals surface area contributed by atoms with E-state index >= 15 is 0 Å². The second kappa shape index (κ2) is 5.88. The molecule has 0 radical (unpaired) electrons. The molecule has 0 amide bonds. The summed E-state index contributed by atoms with van der Waals surface area (Å²) in [7, 11) is 0. The second-order valence-electron chi connectivity index (χ2n) is 4.18. The summed E-state index contributed by atoms with van der Waals surface area (Å²) in [6.45, 7) is 0.241. The van der Waals surface area contributed by atoms with Crippen LogP contribution in [0.15, 0.2) is 53.3 Å². The molecule has 1 aromatic carbocycles. The molecule has 2 heterocycles. The Morgan fingerprint density at radius 3 is 2.71 bits per heavy atom. The van der Waals surface area contributed by atoms with Crippen LogP contribution < -0.4 is 4.74 Å². The van der Waals surface area contributed by atoms with Crippen LogP contribution in [0.1, 0.15) is 0 Å². The van der Waals surface area contributed by atoms with Gasteiger partial charge in [-0.05, 0) is 36.4 Å². The highest BCUT2D eigenvalue weighted by Gasteiger charge is 2.10. The van der Waals surface area contributed by atoms with Gasteiger partial charge in [0.2, 0.25) is 5.82 Å². The lowest BCUT2D eigenvalue weighted by atomic mass is 10.2. The van der Waals surface area contributed by atoms with Crippen LogP contribution in [-0.4, -0.2) is 21.7 Å². The number of nitrogens with zero attached hydrogens (tertiary/aromatic N) is 3. The summed E-state index contributed by atoms with van der Waals surface area (Å²) in [5.74, 6) is 4.06. The first kappa shape index (κ1) is 12.9. The topological polar surface area (TPSA) is 61.0 Å². The highest BCUT2D eigenvalue weighted by molar-refractivity contribution is 5.59. The smallest absolute Gasteiger partial charge is 0.258 e. The number of hydrogen-bond acceptors (Lipinski definition) is 5. The first-order chi connectivity index (χ1) is 10.4. The van der Waals surface area contributed by atoms with Gasteiger partial charge in [-0.3, -0.25) is 4.98 Å². The van der Waals surface area contributed by atoms with Crippen molar-refractivity contribution in [3.05, 3.63) is 48.8 Å². The summed E-state index contributed by atoms with van der Waals surface area (Å²) in [6.07, 6.45) is 8.52. The van der Waals surface area contributed by atoms with E-state index in [4.69, 9.17) is 15.7 Å². The van der Waals surface area contributed by atoms with Gasteiger partial charge in [-0.15, -0.1) is 6.42 Å². The van der Waals surface area contributed by atoms with E-state index in [1.54, 1.807) is 24.5 Å². The lowest BCUT2D eigenvalue weighted by Gasteiger charge is -2.01. The molecule has 5 heteroatoms. The molecule has 0 fully saturated rings. The monoisotopic (exact) mass is 277 g/mol. The van der Waals surface area contributed by atoms with E-state index in [0.29, 0.717) is 17.5 Å². The fourth-order valence-electron chi connectivity index (χ4n) is 1.77. The van der Waals surface area contributed by atoms with Crippen molar-refractivity contribution in [1.82, 2.24) is 15.1 Å². The molecule has 0 unspecified atom stereocenters. The third kappa shape index (κ3) is 2.90. The van der Waals surface area contributed by atoms with E-state index in [-0.39, 0.29) is 6.61 Å². The Kier molecular flexibility index (Phi) is 3.61. The summed E-state index contributed by atoms with van der Waals surface area (Å²) >= 11 is 0. The predicted molar refractivity (Wildman–Crippen MR) is 77.3 cm³/mol. The maximum atomic E-state index is 5.31. The number of rotatable bonds is 4. The number of terminal acetylenes is 1. The molecule has 0 aliphatic heterocycles. The number of aromatic nitrogens is 3. The molecule has 3 aromatic rings. The van der Waals surface area contributed by atoms with Gasteiger partial charge in [0, 0.05) is 23.5 Å². The minimum Gasteiger partial charge on any atom is -0.481 e. The normalized spacial score (nSPS) is 10.0. The third-order valence-corrected chi connectivity index (χ3v) is 2.77. The van der Waals surface area contributed by atoms with Crippen molar-refractivity contribution >= 4 is 0 Å². The molecule has 102 valence electrons. The molecule has 3 rings (SSSR count). The van der Waals surface area contributed by atoms with Gasteiger partial charge in [0.15, 0.2) is 0 Å². The van der Waals surface area contributed by atoms with Crippen LogP contribution in [0, 0.1) is 12.3 Å². The molecule has 0 atom stereocenters. The zero-order valence-corrected chi connectivity index (χ0v) is 11.1. The maximum absolute atomic E-state index is 5.31. The van der Waals surface area contributed by atoms with E-state index in [9.17, 15) is 0 Å². The molecule has 0 bridgehead atoms. The number of pyridine rings is 1. The van der Waals surface area contributed by atoms with Gasteiger partial charge in [-0.25, -0.2) is 0 Å². The molecular formula is C16H11N3O2. The predicted octanol–water partition coefficient (Wildman–Crippen LogP) is 2.81. The summed E-state index contributed by atoms with van der Waals surface area (Å²) in [5, 5.41) is 3.95.